The first kappa shape index (κ1) is 18.3. The molecule has 3 aromatic heterocycles. The highest BCUT2D eigenvalue weighted by molar-refractivity contribution is 7.22. The van der Waals surface area contributed by atoms with E-state index in [1.165, 1.54) is 22.2 Å². The van der Waals surface area contributed by atoms with Gasteiger partial charge >= 0.3 is 0 Å². The molecule has 0 fully saturated rings. The number of aromatic nitrogens is 4. The maximum atomic E-state index is 13.0. The van der Waals surface area contributed by atoms with Crippen LogP contribution in [0.5, 0.6) is 5.75 Å². The first-order valence-electron chi connectivity index (χ1n) is 9.22. The second-order valence-corrected chi connectivity index (χ2v) is 7.65. The molecule has 0 atom stereocenters. The molecule has 0 amide bonds. The Morgan fingerprint density at radius 3 is 2.60 bits per heavy atom. The number of hydrogen-bond donors (Lipinski definition) is 0. The number of nitrogens with zero attached hydrogens (tertiary/aromatic N) is 4. The summed E-state index contributed by atoms with van der Waals surface area (Å²) in [5.74, 6) is 1.47. The van der Waals surface area contributed by atoms with Gasteiger partial charge in [0, 0.05) is 10.4 Å². The normalized spacial score (nSPS) is 11.1. The van der Waals surface area contributed by atoms with Crippen molar-refractivity contribution in [3.8, 4) is 27.6 Å². The van der Waals surface area contributed by atoms with Crippen LogP contribution in [0.3, 0.4) is 0 Å². The smallest absolute Gasteiger partial charge is 0.271 e. The van der Waals surface area contributed by atoms with Gasteiger partial charge in [-0.1, -0.05) is 30.3 Å². The maximum absolute atomic E-state index is 13.0. The Morgan fingerprint density at radius 1 is 1.03 bits per heavy atom. The van der Waals surface area contributed by atoms with Crippen molar-refractivity contribution in [3.63, 3.8) is 0 Å². The minimum absolute atomic E-state index is 0.128. The number of thiophene rings is 1. The molecule has 7 nitrogen and oxygen atoms in total. The summed E-state index contributed by atoms with van der Waals surface area (Å²) in [6, 6.07) is 19.2. The van der Waals surface area contributed by atoms with E-state index in [4.69, 9.17) is 9.15 Å². The van der Waals surface area contributed by atoms with Gasteiger partial charge < -0.3 is 9.15 Å². The monoisotopic (exact) mass is 416 g/mol. The second kappa shape index (κ2) is 7.57. The lowest BCUT2D eigenvalue weighted by Gasteiger charge is -2.01. The Balaban J connectivity index is 1.43. The fourth-order valence-electron chi connectivity index (χ4n) is 3.12. The average Bonchev–Trinajstić information content (AvgIpc) is 3.44. The number of hydrogen-bond acceptors (Lipinski definition) is 7. The van der Waals surface area contributed by atoms with Crippen molar-refractivity contribution in [2.24, 2.45) is 0 Å². The fourth-order valence-corrected chi connectivity index (χ4v) is 4.18. The number of rotatable bonds is 5. The van der Waals surface area contributed by atoms with E-state index in [1.54, 1.807) is 7.11 Å². The first-order valence-corrected chi connectivity index (χ1v) is 10.0. The highest BCUT2D eigenvalue weighted by Crippen LogP contribution is 2.30. The van der Waals surface area contributed by atoms with E-state index in [9.17, 15) is 4.79 Å². The van der Waals surface area contributed by atoms with Crippen LogP contribution >= 0.6 is 11.3 Å². The molecule has 5 rings (SSSR count). The third-order valence-corrected chi connectivity index (χ3v) is 5.83. The molecule has 5 aromatic rings. The van der Waals surface area contributed by atoms with Crippen LogP contribution < -0.4 is 10.3 Å². The second-order valence-electron chi connectivity index (χ2n) is 6.60. The number of fused-ring (bicyclic) bond motifs is 1. The zero-order valence-corrected chi connectivity index (χ0v) is 16.8. The molecule has 0 aliphatic rings. The van der Waals surface area contributed by atoms with Crippen LogP contribution in [0.25, 0.3) is 32.1 Å². The zero-order chi connectivity index (χ0) is 20.5. The Bertz CT molecular complexity index is 1370. The van der Waals surface area contributed by atoms with Gasteiger partial charge in [-0.3, -0.25) is 9.36 Å². The Labute approximate surface area is 175 Å². The van der Waals surface area contributed by atoms with Gasteiger partial charge in [-0.05, 0) is 35.9 Å². The van der Waals surface area contributed by atoms with E-state index in [0.29, 0.717) is 22.0 Å². The summed E-state index contributed by atoms with van der Waals surface area (Å²) < 4.78 is 13.0. The molecule has 0 bridgehead atoms. The molecule has 0 radical (unpaired) electrons. The standard InChI is InChI=1S/C22H16N4O3S/c1-28-16-9-7-15(8-10-16)21-25-24-19(29-21)12-26-13-23-17-11-18(30-20(17)22(26)27)14-5-3-2-4-6-14/h2-11,13H,12H2,1H3. The van der Waals surface area contributed by atoms with Gasteiger partial charge in [0.2, 0.25) is 11.8 Å². The lowest BCUT2D eigenvalue weighted by atomic mass is 10.2. The Kier molecular flexibility index (Phi) is 4.61. The molecule has 0 saturated heterocycles. The average molecular weight is 416 g/mol. The molecule has 148 valence electrons. The fraction of sp³-hybridized carbons (Fsp3) is 0.0909. The van der Waals surface area contributed by atoms with E-state index >= 15 is 0 Å². The molecule has 0 saturated carbocycles. The van der Waals surface area contributed by atoms with Crippen molar-refractivity contribution < 1.29 is 9.15 Å². The number of benzene rings is 2. The van der Waals surface area contributed by atoms with Crippen molar-refractivity contribution in [2.75, 3.05) is 7.11 Å². The summed E-state index contributed by atoms with van der Waals surface area (Å²) in [5.41, 5.74) is 2.40. The topological polar surface area (TPSA) is 83.0 Å². The van der Waals surface area contributed by atoms with Gasteiger partial charge in [-0.15, -0.1) is 21.5 Å². The van der Waals surface area contributed by atoms with Gasteiger partial charge in [0.05, 0.1) is 19.0 Å². The van der Waals surface area contributed by atoms with Crippen LogP contribution in [0.2, 0.25) is 0 Å². The predicted octanol–water partition coefficient (Wildman–Crippen LogP) is 4.23. The molecule has 3 heterocycles. The number of ether oxygens (including phenoxy) is 1. The molecule has 0 unspecified atom stereocenters. The van der Waals surface area contributed by atoms with Crippen molar-refractivity contribution in [1.29, 1.82) is 0 Å². The van der Waals surface area contributed by atoms with E-state index < -0.39 is 0 Å². The largest absolute Gasteiger partial charge is 0.497 e. The molecular weight excluding hydrogens is 400 g/mol. The molecule has 2 aromatic carbocycles. The van der Waals surface area contributed by atoms with Gasteiger partial charge in [-0.25, -0.2) is 4.98 Å². The van der Waals surface area contributed by atoms with Crippen LogP contribution in [0, 0.1) is 0 Å². The number of methoxy groups -OCH3 is 1. The van der Waals surface area contributed by atoms with Crippen LogP contribution in [0.15, 0.2) is 76.2 Å². The van der Waals surface area contributed by atoms with E-state index in [2.05, 4.69) is 15.2 Å². The van der Waals surface area contributed by atoms with E-state index in [0.717, 1.165) is 21.8 Å². The minimum Gasteiger partial charge on any atom is -0.497 e. The van der Waals surface area contributed by atoms with Crippen LogP contribution in [-0.2, 0) is 6.54 Å². The van der Waals surface area contributed by atoms with E-state index in [-0.39, 0.29) is 12.1 Å². The molecular formula is C22H16N4O3S. The van der Waals surface area contributed by atoms with Gasteiger partial charge in [0.15, 0.2) is 0 Å². The SMILES string of the molecule is COc1ccc(-c2nnc(Cn3cnc4cc(-c5ccccc5)sc4c3=O)o2)cc1. The van der Waals surface area contributed by atoms with Crippen LogP contribution in [-0.4, -0.2) is 26.9 Å². The minimum atomic E-state index is -0.128. The van der Waals surface area contributed by atoms with Gasteiger partial charge in [-0.2, -0.15) is 0 Å². The molecule has 30 heavy (non-hydrogen) atoms. The Hall–Kier alpha value is -3.78. The Morgan fingerprint density at radius 2 is 1.83 bits per heavy atom. The molecule has 0 aliphatic carbocycles. The van der Waals surface area contributed by atoms with Gasteiger partial charge in [0.25, 0.3) is 5.56 Å². The van der Waals surface area contributed by atoms with Crippen molar-refractivity contribution in [2.45, 2.75) is 6.54 Å². The third-order valence-electron chi connectivity index (χ3n) is 4.67. The highest BCUT2D eigenvalue weighted by atomic mass is 32.1. The summed E-state index contributed by atoms with van der Waals surface area (Å²) in [6.07, 6.45) is 1.52. The summed E-state index contributed by atoms with van der Waals surface area (Å²) in [4.78, 5) is 18.4. The summed E-state index contributed by atoms with van der Waals surface area (Å²) in [6.45, 7) is 0.156. The van der Waals surface area contributed by atoms with E-state index in [1.807, 2.05) is 60.7 Å². The lowest BCUT2D eigenvalue weighted by molar-refractivity contribution is 0.415. The lowest BCUT2D eigenvalue weighted by Crippen LogP contribution is -2.20. The van der Waals surface area contributed by atoms with Crippen molar-refractivity contribution >= 4 is 21.6 Å². The zero-order valence-electron chi connectivity index (χ0n) is 16.0. The summed E-state index contributed by atoms with van der Waals surface area (Å²) >= 11 is 1.43. The molecule has 0 N–H and O–H groups in total. The molecule has 8 heteroatoms. The predicted molar refractivity (Wildman–Crippen MR) is 115 cm³/mol. The summed E-state index contributed by atoms with van der Waals surface area (Å²) in [7, 11) is 1.61. The van der Waals surface area contributed by atoms with Crippen LogP contribution in [0.1, 0.15) is 5.89 Å². The van der Waals surface area contributed by atoms with Gasteiger partial charge in [0.1, 0.15) is 17.0 Å². The van der Waals surface area contributed by atoms with Crippen molar-refractivity contribution in [3.05, 3.63) is 83.2 Å². The highest BCUT2D eigenvalue weighted by Gasteiger charge is 2.14. The maximum Gasteiger partial charge on any atom is 0.271 e. The summed E-state index contributed by atoms with van der Waals surface area (Å²) in [5, 5.41) is 8.16. The first-order chi connectivity index (χ1) is 14.7. The van der Waals surface area contributed by atoms with Crippen LogP contribution in [0.4, 0.5) is 0 Å². The van der Waals surface area contributed by atoms with Crippen molar-refractivity contribution in [1.82, 2.24) is 19.7 Å². The molecule has 0 aliphatic heterocycles. The quantitative estimate of drug-likeness (QED) is 0.426. The molecule has 0 spiro atoms. The third kappa shape index (κ3) is 3.37.